The van der Waals surface area contributed by atoms with Crippen molar-refractivity contribution in [1.29, 1.82) is 0 Å². The lowest BCUT2D eigenvalue weighted by Crippen LogP contribution is -2.07. The number of rotatable bonds is 6. The van der Waals surface area contributed by atoms with E-state index in [0.717, 1.165) is 0 Å². The van der Waals surface area contributed by atoms with Crippen LogP contribution in [0.2, 0.25) is 10.0 Å². The second kappa shape index (κ2) is 8.24. The largest absolute Gasteiger partial charge is 0.466 e. The topological polar surface area (TPSA) is 63.6 Å². The second-order valence-electron chi connectivity index (χ2n) is 4.25. The van der Waals surface area contributed by atoms with Crippen molar-refractivity contribution in [2.75, 3.05) is 12.0 Å². The SMILES string of the molecule is CCOC(=O)Cc1csc(NN=Cc2c(Cl)ccc(F)c2Cl)n1. The number of aromatic nitrogens is 1. The van der Waals surface area contributed by atoms with Crippen LogP contribution in [0.4, 0.5) is 9.52 Å². The lowest BCUT2D eigenvalue weighted by atomic mass is 10.2. The molecule has 0 amide bonds. The zero-order chi connectivity index (χ0) is 16.8. The molecule has 23 heavy (non-hydrogen) atoms. The molecular formula is C14H12Cl2FN3O2S. The predicted octanol–water partition coefficient (Wildman–Crippen LogP) is 4.14. The van der Waals surface area contributed by atoms with Crippen LogP contribution in [-0.2, 0) is 16.0 Å². The molecule has 0 aliphatic carbocycles. The van der Waals surface area contributed by atoms with Crippen LogP contribution in [-0.4, -0.2) is 23.8 Å². The van der Waals surface area contributed by atoms with Crippen molar-refractivity contribution in [1.82, 2.24) is 4.98 Å². The highest BCUT2D eigenvalue weighted by Gasteiger charge is 2.10. The van der Waals surface area contributed by atoms with E-state index in [1.54, 1.807) is 12.3 Å². The van der Waals surface area contributed by atoms with Gasteiger partial charge in [0.15, 0.2) is 0 Å². The average molecular weight is 376 g/mol. The van der Waals surface area contributed by atoms with Crippen molar-refractivity contribution in [2.45, 2.75) is 13.3 Å². The van der Waals surface area contributed by atoms with Crippen LogP contribution in [0.25, 0.3) is 0 Å². The van der Waals surface area contributed by atoms with Gasteiger partial charge in [-0.05, 0) is 19.1 Å². The lowest BCUT2D eigenvalue weighted by Gasteiger charge is -2.02. The Kier molecular flexibility index (Phi) is 6.32. The van der Waals surface area contributed by atoms with E-state index >= 15 is 0 Å². The van der Waals surface area contributed by atoms with Crippen molar-refractivity contribution in [2.24, 2.45) is 5.10 Å². The van der Waals surface area contributed by atoms with Crippen LogP contribution >= 0.6 is 34.5 Å². The van der Waals surface area contributed by atoms with Crippen molar-refractivity contribution in [3.63, 3.8) is 0 Å². The molecule has 0 fully saturated rings. The molecule has 0 unspecified atom stereocenters. The summed E-state index contributed by atoms with van der Waals surface area (Å²) in [7, 11) is 0. The Morgan fingerprint density at radius 2 is 2.30 bits per heavy atom. The van der Waals surface area contributed by atoms with Crippen LogP contribution in [0.1, 0.15) is 18.2 Å². The van der Waals surface area contributed by atoms with Gasteiger partial charge in [0.05, 0.1) is 35.0 Å². The van der Waals surface area contributed by atoms with Gasteiger partial charge in [-0.2, -0.15) is 5.10 Å². The summed E-state index contributed by atoms with van der Waals surface area (Å²) < 4.78 is 18.2. The number of nitrogens with zero attached hydrogens (tertiary/aromatic N) is 2. The summed E-state index contributed by atoms with van der Waals surface area (Å²) >= 11 is 13.0. The maximum absolute atomic E-state index is 13.4. The summed E-state index contributed by atoms with van der Waals surface area (Å²) in [6.45, 7) is 2.07. The molecule has 0 radical (unpaired) electrons. The number of esters is 1. The number of halogens is 3. The van der Waals surface area contributed by atoms with Crippen molar-refractivity contribution >= 4 is 51.9 Å². The van der Waals surface area contributed by atoms with E-state index < -0.39 is 5.82 Å². The van der Waals surface area contributed by atoms with Gasteiger partial charge in [-0.25, -0.2) is 9.37 Å². The zero-order valence-corrected chi connectivity index (χ0v) is 14.3. The first-order chi connectivity index (χ1) is 11.0. The van der Waals surface area contributed by atoms with E-state index in [1.807, 2.05) is 0 Å². The van der Waals surface area contributed by atoms with Gasteiger partial charge in [0.1, 0.15) is 5.82 Å². The number of ether oxygens (including phenoxy) is 1. The fourth-order valence-corrected chi connectivity index (χ4v) is 2.74. The Balaban J connectivity index is 2.00. The summed E-state index contributed by atoms with van der Waals surface area (Å²) in [4.78, 5) is 15.5. The molecule has 1 aromatic heterocycles. The molecule has 1 aromatic carbocycles. The minimum atomic E-state index is -0.580. The van der Waals surface area contributed by atoms with Gasteiger partial charge in [-0.15, -0.1) is 11.3 Å². The number of hydrazone groups is 1. The summed E-state index contributed by atoms with van der Waals surface area (Å²) in [6.07, 6.45) is 1.40. The third-order valence-electron chi connectivity index (χ3n) is 2.62. The molecule has 2 rings (SSSR count). The molecule has 9 heteroatoms. The molecule has 0 spiro atoms. The number of nitrogens with one attached hydrogen (secondary N) is 1. The van der Waals surface area contributed by atoms with Crippen LogP contribution < -0.4 is 5.43 Å². The van der Waals surface area contributed by atoms with Gasteiger partial charge in [-0.3, -0.25) is 10.2 Å². The number of anilines is 1. The third-order valence-corrected chi connectivity index (χ3v) is 4.13. The molecule has 2 aromatic rings. The van der Waals surface area contributed by atoms with E-state index in [-0.39, 0.29) is 28.0 Å². The first-order valence-corrected chi connectivity index (χ1v) is 8.17. The quantitative estimate of drug-likeness (QED) is 0.356. The maximum atomic E-state index is 13.4. The molecular weight excluding hydrogens is 364 g/mol. The summed E-state index contributed by atoms with van der Waals surface area (Å²) in [5, 5.41) is 6.30. The monoisotopic (exact) mass is 375 g/mol. The Morgan fingerprint density at radius 3 is 3.04 bits per heavy atom. The maximum Gasteiger partial charge on any atom is 0.311 e. The number of hydrogen-bond donors (Lipinski definition) is 1. The molecule has 0 atom stereocenters. The third kappa shape index (κ3) is 4.89. The molecule has 1 N–H and O–H groups in total. The van der Waals surface area contributed by atoms with Crippen LogP contribution in [0.3, 0.4) is 0 Å². The van der Waals surface area contributed by atoms with Gasteiger partial charge < -0.3 is 4.74 Å². The van der Waals surface area contributed by atoms with E-state index in [0.29, 0.717) is 17.4 Å². The van der Waals surface area contributed by atoms with Crippen LogP contribution in [0.5, 0.6) is 0 Å². The number of hydrogen-bond acceptors (Lipinski definition) is 6. The number of benzene rings is 1. The van der Waals surface area contributed by atoms with Gasteiger partial charge in [0.2, 0.25) is 5.13 Å². The predicted molar refractivity (Wildman–Crippen MR) is 90.1 cm³/mol. The molecule has 0 aliphatic heterocycles. The summed E-state index contributed by atoms with van der Waals surface area (Å²) in [6, 6.07) is 2.57. The highest BCUT2D eigenvalue weighted by Crippen LogP contribution is 2.25. The van der Waals surface area contributed by atoms with Crippen LogP contribution in [0, 0.1) is 5.82 Å². The van der Waals surface area contributed by atoms with Gasteiger partial charge >= 0.3 is 5.97 Å². The van der Waals surface area contributed by atoms with Crippen molar-refractivity contribution < 1.29 is 13.9 Å². The number of thiazole rings is 1. The highest BCUT2D eigenvalue weighted by atomic mass is 35.5. The Morgan fingerprint density at radius 1 is 1.52 bits per heavy atom. The Hall–Kier alpha value is -1.70. The molecule has 0 saturated carbocycles. The molecule has 0 bridgehead atoms. The van der Waals surface area contributed by atoms with E-state index in [1.165, 1.54) is 29.7 Å². The minimum Gasteiger partial charge on any atom is -0.466 e. The van der Waals surface area contributed by atoms with Crippen molar-refractivity contribution in [3.8, 4) is 0 Å². The van der Waals surface area contributed by atoms with Gasteiger partial charge in [-0.1, -0.05) is 23.2 Å². The van der Waals surface area contributed by atoms with E-state index in [9.17, 15) is 9.18 Å². The Labute approximate surface area is 146 Å². The fourth-order valence-electron chi connectivity index (χ4n) is 1.61. The Bertz CT molecular complexity index is 737. The standard InChI is InChI=1S/C14H12Cl2FN3O2S/c1-2-22-12(21)5-8-7-23-14(19-8)20-18-6-9-10(15)3-4-11(17)13(9)16/h3-4,6-7H,2,5H2,1H3,(H,19,20). The average Bonchev–Trinajstić information content (AvgIpc) is 2.94. The number of carbonyl (C=O) groups is 1. The summed E-state index contributed by atoms with van der Waals surface area (Å²) in [5.41, 5.74) is 3.52. The second-order valence-corrected chi connectivity index (χ2v) is 5.90. The first-order valence-electron chi connectivity index (χ1n) is 6.53. The highest BCUT2D eigenvalue weighted by molar-refractivity contribution is 7.13. The normalized spacial score (nSPS) is 11.0. The van der Waals surface area contributed by atoms with E-state index in [4.69, 9.17) is 27.9 Å². The molecule has 1 heterocycles. The van der Waals surface area contributed by atoms with Gasteiger partial charge in [0.25, 0.3) is 0 Å². The molecule has 122 valence electrons. The molecule has 5 nitrogen and oxygen atoms in total. The smallest absolute Gasteiger partial charge is 0.311 e. The molecule has 0 saturated heterocycles. The van der Waals surface area contributed by atoms with Crippen LogP contribution in [0.15, 0.2) is 22.6 Å². The van der Waals surface area contributed by atoms with E-state index in [2.05, 4.69) is 15.5 Å². The minimum absolute atomic E-state index is 0.0945. The summed E-state index contributed by atoms with van der Waals surface area (Å²) in [5.74, 6) is -0.922. The zero-order valence-electron chi connectivity index (χ0n) is 12.0. The lowest BCUT2D eigenvalue weighted by molar-refractivity contribution is -0.142. The molecule has 0 aliphatic rings. The first kappa shape index (κ1) is 17.7. The number of carbonyl (C=O) groups excluding carboxylic acids is 1. The van der Waals surface area contributed by atoms with Gasteiger partial charge in [0, 0.05) is 10.9 Å². The van der Waals surface area contributed by atoms with Crippen molar-refractivity contribution in [3.05, 3.63) is 44.6 Å². The fraction of sp³-hybridized carbons (Fsp3) is 0.214.